The molecule has 3 heterocycles. The number of ether oxygens (including phenoxy) is 1. The Bertz CT molecular complexity index is 1090. The minimum atomic E-state index is -0.00919. The van der Waals surface area contributed by atoms with Crippen LogP contribution in [0.2, 0.25) is 0 Å². The van der Waals surface area contributed by atoms with E-state index in [4.69, 9.17) is 10.5 Å². The number of Topliss-reactive ketones (excluding diaryl/α,β-unsaturated/α-hetero) is 1. The fraction of sp³-hybridized carbons (Fsp3) is 0.385. The zero-order chi connectivity index (χ0) is 23.3. The van der Waals surface area contributed by atoms with Gasteiger partial charge in [-0.2, -0.15) is 0 Å². The number of morpholine rings is 1. The molecule has 0 bridgehead atoms. The largest absolute Gasteiger partial charge is 0.382 e. The van der Waals surface area contributed by atoms with Crippen molar-refractivity contribution in [2.75, 3.05) is 55.3 Å². The molecule has 0 radical (unpaired) electrons. The van der Waals surface area contributed by atoms with Crippen LogP contribution >= 0.6 is 11.3 Å². The summed E-state index contributed by atoms with van der Waals surface area (Å²) in [6.45, 7) is 6.00. The average Bonchev–Trinajstić information content (AvgIpc) is 3.26. The van der Waals surface area contributed by atoms with Crippen molar-refractivity contribution in [2.24, 2.45) is 0 Å². The van der Waals surface area contributed by atoms with Crippen LogP contribution < -0.4 is 16.0 Å². The lowest BCUT2D eigenvalue weighted by Gasteiger charge is -2.40. The highest BCUT2D eigenvalue weighted by Crippen LogP contribution is 2.30. The van der Waals surface area contributed by atoms with Crippen molar-refractivity contribution in [1.29, 1.82) is 0 Å². The number of nitrogens with one attached hydrogen (secondary N) is 1. The molecular weight excluding hydrogens is 446 g/mol. The summed E-state index contributed by atoms with van der Waals surface area (Å²) in [6.07, 6.45) is 2.71. The van der Waals surface area contributed by atoms with Crippen LogP contribution in [0.1, 0.15) is 28.1 Å². The molecule has 178 valence electrons. The number of anilines is 4. The van der Waals surface area contributed by atoms with Gasteiger partial charge in [-0.3, -0.25) is 9.69 Å². The Morgan fingerprint density at radius 3 is 2.44 bits per heavy atom. The van der Waals surface area contributed by atoms with Gasteiger partial charge in [-0.1, -0.05) is 41.7 Å². The number of aromatic nitrogens is 1. The number of piperidine rings is 1. The molecule has 0 amide bonds. The van der Waals surface area contributed by atoms with E-state index in [0.717, 1.165) is 50.6 Å². The van der Waals surface area contributed by atoms with Crippen LogP contribution in [0.3, 0.4) is 0 Å². The molecule has 0 saturated carbocycles. The molecule has 2 aliphatic heterocycles. The summed E-state index contributed by atoms with van der Waals surface area (Å²) in [5.41, 5.74) is 9.20. The third kappa shape index (κ3) is 5.41. The summed E-state index contributed by atoms with van der Waals surface area (Å²) in [4.78, 5) is 22.6. The molecule has 0 aliphatic carbocycles. The van der Waals surface area contributed by atoms with E-state index in [2.05, 4.69) is 44.4 Å². The SMILES string of the molecule is Nc1nc(Nc2ccc(N3CCC(N4CCOCC4)CC3)cc2)sc1C(=O)Cc1ccccc1. The van der Waals surface area contributed by atoms with E-state index in [0.29, 0.717) is 22.5 Å². The first-order chi connectivity index (χ1) is 16.7. The van der Waals surface area contributed by atoms with E-state index in [-0.39, 0.29) is 11.6 Å². The van der Waals surface area contributed by atoms with Gasteiger partial charge in [0.2, 0.25) is 0 Å². The van der Waals surface area contributed by atoms with Crippen molar-refractivity contribution in [1.82, 2.24) is 9.88 Å². The van der Waals surface area contributed by atoms with Crippen LogP contribution in [0.5, 0.6) is 0 Å². The Kier molecular flexibility index (Phi) is 7.08. The van der Waals surface area contributed by atoms with Gasteiger partial charge in [0.05, 0.1) is 13.2 Å². The third-order valence-electron chi connectivity index (χ3n) is 6.62. The summed E-state index contributed by atoms with van der Waals surface area (Å²) in [6, 6.07) is 18.8. The standard InChI is InChI=1S/C26H31N5O2S/c27-25-24(23(32)18-19-4-2-1-3-5-19)34-26(29-25)28-20-6-8-21(9-7-20)30-12-10-22(11-13-30)31-14-16-33-17-15-31/h1-9,22H,10-18,27H2,(H,28,29). The van der Waals surface area contributed by atoms with Gasteiger partial charge in [-0.05, 0) is 42.7 Å². The fourth-order valence-electron chi connectivity index (χ4n) is 4.76. The molecule has 0 spiro atoms. The van der Waals surface area contributed by atoms with Gasteiger partial charge in [-0.15, -0.1) is 0 Å². The van der Waals surface area contributed by atoms with E-state index in [1.165, 1.54) is 29.9 Å². The van der Waals surface area contributed by atoms with Gasteiger partial charge in [0.15, 0.2) is 10.9 Å². The number of hydrogen-bond acceptors (Lipinski definition) is 8. The highest BCUT2D eigenvalue weighted by Gasteiger charge is 2.26. The molecule has 8 heteroatoms. The monoisotopic (exact) mass is 477 g/mol. The van der Waals surface area contributed by atoms with E-state index in [1.54, 1.807) is 0 Å². The van der Waals surface area contributed by atoms with Crippen LogP contribution in [-0.4, -0.2) is 61.1 Å². The number of hydrogen-bond donors (Lipinski definition) is 2. The second-order valence-electron chi connectivity index (χ2n) is 8.86. The number of benzene rings is 2. The number of nitrogens with zero attached hydrogens (tertiary/aromatic N) is 3. The molecule has 5 rings (SSSR count). The van der Waals surface area contributed by atoms with E-state index in [9.17, 15) is 4.79 Å². The molecule has 7 nitrogen and oxygen atoms in total. The molecule has 1 aromatic heterocycles. The van der Waals surface area contributed by atoms with Crippen molar-refractivity contribution >= 4 is 39.4 Å². The number of rotatable bonds is 7. The van der Waals surface area contributed by atoms with Crippen LogP contribution in [0.15, 0.2) is 54.6 Å². The van der Waals surface area contributed by atoms with E-state index >= 15 is 0 Å². The molecule has 0 unspecified atom stereocenters. The van der Waals surface area contributed by atoms with Crippen molar-refractivity contribution in [3.8, 4) is 0 Å². The first-order valence-electron chi connectivity index (χ1n) is 11.9. The van der Waals surface area contributed by atoms with E-state index in [1.807, 2.05) is 30.3 Å². The maximum absolute atomic E-state index is 12.7. The number of nitrogen functional groups attached to an aromatic ring is 1. The van der Waals surface area contributed by atoms with Gasteiger partial charge >= 0.3 is 0 Å². The van der Waals surface area contributed by atoms with Gasteiger partial charge in [-0.25, -0.2) is 4.98 Å². The topological polar surface area (TPSA) is 83.7 Å². The highest BCUT2D eigenvalue weighted by molar-refractivity contribution is 7.18. The van der Waals surface area contributed by atoms with Crippen molar-refractivity contribution in [2.45, 2.75) is 25.3 Å². The summed E-state index contributed by atoms with van der Waals surface area (Å²) in [7, 11) is 0. The lowest BCUT2D eigenvalue weighted by atomic mass is 10.0. The minimum absolute atomic E-state index is 0.00919. The van der Waals surface area contributed by atoms with Crippen LogP contribution in [0.4, 0.5) is 22.3 Å². The van der Waals surface area contributed by atoms with Crippen LogP contribution in [0, 0.1) is 0 Å². The van der Waals surface area contributed by atoms with Gasteiger partial charge < -0.3 is 20.7 Å². The van der Waals surface area contributed by atoms with Gasteiger partial charge in [0.25, 0.3) is 0 Å². The smallest absolute Gasteiger partial charge is 0.189 e. The lowest BCUT2D eigenvalue weighted by molar-refractivity contribution is 0.0115. The van der Waals surface area contributed by atoms with Crippen molar-refractivity contribution < 1.29 is 9.53 Å². The number of nitrogens with two attached hydrogens (primary N) is 1. The second-order valence-corrected chi connectivity index (χ2v) is 9.86. The van der Waals surface area contributed by atoms with Crippen molar-refractivity contribution in [3.63, 3.8) is 0 Å². The number of carbonyl (C=O) groups is 1. The Hall–Kier alpha value is -2.94. The molecule has 2 saturated heterocycles. The average molecular weight is 478 g/mol. The molecule has 34 heavy (non-hydrogen) atoms. The molecule has 3 N–H and O–H groups in total. The molecule has 2 aromatic carbocycles. The number of ketones is 1. The Balaban J connectivity index is 1.16. The first kappa shape index (κ1) is 22.8. The van der Waals surface area contributed by atoms with Crippen LogP contribution in [0.25, 0.3) is 0 Å². The number of thiazole rings is 1. The molecular formula is C26H31N5O2S. The maximum atomic E-state index is 12.7. The fourth-order valence-corrected chi connectivity index (χ4v) is 5.60. The Morgan fingerprint density at radius 2 is 1.74 bits per heavy atom. The van der Waals surface area contributed by atoms with Crippen LogP contribution in [-0.2, 0) is 11.2 Å². The Morgan fingerprint density at radius 1 is 1.03 bits per heavy atom. The minimum Gasteiger partial charge on any atom is -0.382 e. The summed E-state index contributed by atoms with van der Waals surface area (Å²) >= 11 is 1.31. The normalized spacial score (nSPS) is 17.6. The zero-order valence-corrected chi connectivity index (χ0v) is 20.1. The lowest BCUT2D eigenvalue weighted by Crippen LogP contribution is -2.49. The Labute approximate surface area is 204 Å². The zero-order valence-electron chi connectivity index (χ0n) is 19.3. The number of carbonyl (C=O) groups excluding carboxylic acids is 1. The predicted molar refractivity (Wildman–Crippen MR) is 138 cm³/mol. The predicted octanol–water partition coefficient (Wildman–Crippen LogP) is 4.20. The highest BCUT2D eigenvalue weighted by atomic mass is 32.1. The maximum Gasteiger partial charge on any atom is 0.189 e. The summed E-state index contributed by atoms with van der Waals surface area (Å²) < 4.78 is 5.49. The van der Waals surface area contributed by atoms with Crippen molar-refractivity contribution in [3.05, 3.63) is 65.0 Å². The second kappa shape index (κ2) is 10.5. The molecule has 2 fully saturated rings. The van der Waals surface area contributed by atoms with E-state index < -0.39 is 0 Å². The molecule has 3 aromatic rings. The molecule has 0 atom stereocenters. The van der Waals surface area contributed by atoms with Gasteiger partial charge in [0.1, 0.15) is 10.7 Å². The van der Waals surface area contributed by atoms with Gasteiger partial charge in [0, 0.05) is 50.0 Å². The quantitative estimate of drug-likeness (QED) is 0.494. The summed E-state index contributed by atoms with van der Waals surface area (Å²) in [5, 5.41) is 3.93. The first-order valence-corrected chi connectivity index (χ1v) is 12.7. The third-order valence-corrected chi connectivity index (χ3v) is 7.65. The molecule has 2 aliphatic rings. The summed E-state index contributed by atoms with van der Waals surface area (Å²) in [5.74, 6) is 0.276.